The highest BCUT2D eigenvalue weighted by Gasteiger charge is 2.05. The number of methoxy groups -OCH3 is 1. The molecule has 2 aromatic heterocycles. The Hall–Kier alpha value is -2.63. The van der Waals surface area contributed by atoms with E-state index in [1.165, 1.54) is 6.33 Å². The van der Waals surface area contributed by atoms with Crippen LogP contribution in [0.2, 0.25) is 0 Å². The van der Waals surface area contributed by atoms with Crippen LogP contribution in [0, 0.1) is 0 Å². The molecule has 0 spiro atoms. The number of nitrogens with one attached hydrogen (secondary N) is 2. The maximum absolute atomic E-state index is 5.17. The van der Waals surface area contributed by atoms with E-state index < -0.39 is 0 Å². The van der Waals surface area contributed by atoms with Gasteiger partial charge in [-0.1, -0.05) is 0 Å². The lowest BCUT2D eigenvalue weighted by molar-refractivity contribution is 0.415. The first-order chi connectivity index (χ1) is 8.86. The fourth-order valence-corrected chi connectivity index (χ4v) is 1.72. The first-order valence-electron chi connectivity index (χ1n) is 5.42. The Morgan fingerprint density at radius 3 is 2.94 bits per heavy atom. The minimum atomic E-state index is 0.729. The molecule has 0 aliphatic rings. The SMILES string of the molecule is COc1ccc2c(Nc3ccn[nH]3)ncnc2c1. The summed E-state index contributed by atoms with van der Waals surface area (Å²) in [6, 6.07) is 7.50. The molecule has 3 aromatic rings. The number of aromatic amines is 1. The molecular formula is C12H11N5O. The number of fused-ring (bicyclic) bond motifs is 1. The Bertz CT molecular complexity index is 665. The largest absolute Gasteiger partial charge is 0.497 e. The summed E-state index contributed by atoms with van der Waals surface area (Å²) in [5, 5.41) is 10.8. The van der Waals surface area contributed by atoms with Crippen molar-refractivity contribution >= 4 is 22.5 Å². The van der Waals surface area contributed by atoms with Crippen LogP contribution in [-0.2, 0) is 0 Å². The smallest absolute Gasteiger partial charge is 0.142 e. The number of benzene rings is 1. The molecule has 2 N–H and O–H groups in total. The molecule has 90 valence electrons. The molecule has 0 radical (unpaired) electrons. The van der Waals surface area contributed by atoms with Gasteiger partial charge in [0.05, 0.1) is 18.8 Å². The molecule has 3 rings (SSSR count). The van der Waals surface area contributed by atoms with Gasteiger partial charge in [-0.3, -0.25) is 5.10 Å². The highest BCUT2D eigenvalue weighted by Crippen LogP contribution is 2.25. The maximum Gasteiger partial charge on any atom is 0.142 e. The van der Waals surface area contributed by atoms with Crippen LogP contribution < -0.4 is 10.1 Å². The third kappa shape index (κ3) is 1.84. The van der Waals surface area contributed by atoms with Gasteiger partial charge < -0.3 is 10.1 Å². The van der Waals surface area contributed by atoms with E-state index in [1.54, 1.807) is 13.3 Å². The summed E-state index contributed by atoms with van der Waals surface area (Å²) in [6.07, 6.45) is 3.19. The van der Waals surface area contributed by atoms with Gasteiger partial charge in [0.25, 0.3) is 0 Å². The summed E-state index contributed by atoms with van der Waals surface area (Å²) in [5.74, 6) is 2.28. The van der Waals surface area contributed by atoms with Crippen molar-refractivity contribution in [3.05, 3.63) is 36.8 Å². The zero-order valence-electron chi connectivity index (χ0n) is 9.71. The minimum Gasteiger partial charge on any atom is -0.497 e. The molecule has 0 amide bonds. The third-order valence-electron chi connectivity index (χ3n) is 2.60. The van der Waals surface area contributed by atoms with E-state index in [-0.39, 0.29) is 0 Å². The number of H-pyrrole nitrogens is 1. The summed E-state index contributed by atoms with van der Waals surface area (Å²) in [5.41, 5.74) is 0.825. The van der Waals surface area contributed by atoms with E-state index in [2.05, 4.69) is 25.5 Å². The van der Waals surface area contributed by atoms with E-state index >= 15 is 0 Å². The second-order valence-corrected chi connectivity index (χ2v) is 3.70. The van der Waals surface area contributed by atoms with Crippen molar-refractivity contribution in [1.29, 1.82) is 0 Å². The van der Waals surface area contributed by atoms with Crippen molar-refractivity contribution in [3.8, 4) is 5.75 Å². The molecule has 2 heterocycles. The van der Waals surface area contributed by atoms with Gasteiger partial charge in [0.1, 0.15) is 23.7 Å². The lowest BCUT2D eigenvalue weighted by Crippen LogP contribution is -1.96. The van der Waals surface area contributed by atoms with Gasteiger partial charge in [-0.15, -0.1) is 0 Å². The van der Waals surface area contributed by atoms with Crippen LogP contribution in [0.3, 0.4) is 0 Å². The fourth-order valence-electron chi connectivity index (χ4n) is 1.72. The Morgan fingerprint density at radius 1 is 1.22 bits per heavy atom. The first kappa shape index (κ1) is 10.5. The lowest BCUT2D eigenvalue weighted by Gasteiger charge is -2.07. The molecule has 0 bridgehead atoms. The Kier molecular flexibility index (Phi) is 2.53. The molecule has 0 saturated heterocycles. The van der Waals surface area contributed by atoms with Gasteiger partial charge in [-0.2, -0.15) is 5.10 Å². The van der Waals surface area contributed by atoms with Crippen LogP contribution in [0.25, 0.3) is 10.9 Å². The van der Waals surface area contributed by atoms with Crippen molar-refractivity contribution in [2.45, 2.75) is 0 Å². The van der Waals surface area contributed by atoms with E-state index in [4.69, 9.17) is 4.74 Å². The molecule has 18 heavy (non-hydrogen) atoms. The number of rotatable bonds is 3. The molecule has 6 nitrogen and oxygen atoms in total. The van der Waals surface area contributed by atoms with Crippen LogP contribution in [0.4, 0.5) is 11.6 Å². The van der Waals surface area contributed by atoms with E-state index in [0.29, 0.717) is 0 Å². The molecular weight excluding hydrogens is 230 g/mol. The van der Waals surface area contributed by atoms with Crippen LogP contribution in [0.5, 0.6) is 5.75 Å². The first-order valence-corrected chi connectivity index (χ1v) is 5.42. The van der Waals surface area contributed by atoms with Crippen molar-refractivity contribution in [3.63, 3.8) is 0 Å². The normalized spacial score (nSPS) is 10.5. The number of nitrogens with zero attached hydrogens (tertiary/aromatic N) is 3. The van der Waals surface area contributed by atoms with Crippen molar-refractivity contribution in [1.82, 2.24) is 20.2 Å². The molecule has 0 fully saturated rings. The van der Waals surface area contributed by atoms with Gasteiger partial charge in [0.2, 0.25) is 0 Å². The fraction of sp³-hybridized carbons (Fsp3) is 0.0833. The van der Waals surface area contributed by atoms with Crippen molar-refractivity contribution < 1.29 is 4.74 Å². The third-order valence-corrected chi connectivity index (χ3v) is 2.60. The van der Waals surface area contributed by atoms with Gasteiger partial charge in [-0.25, -0.2) is 9.97 Å². The summed E-state index contributed by atoms with van der Waals surface area (Å²) in [7, 11) is 1.63. The number of anilines is 2. The van der Waals surface area contributed by atoms with Crippen molar-refractivity contribution in [2.75, 3.05) is 12.4 Å². The van der Waals surface area contributed by atoms with Gasteiger partial charge >= 0.3 is 0 Å². The highest BCUT2D eigenvalue weighted by atomic mass is 16.5. The predicted octanol–water partition coefficient (Wildman–Crippen LogP) is 2.11. The van der Waals surface area contributed by atoms with Gasteiger partial charge in [0.15, 0.2) is 0 Å². The van der Waals surface area contributed by atoms with E-state index in [0.717, 1.165) is 28.3 Å². The van der Waals surface area contributed by atoms with Crippen LogP contribution in [-0.4, -0.2) is 27.3 Å². The molecule has 0 saturated carbocycles. The summed E-state index contributed by atoms with van der Waals surface area (Å²) >= 11 is 0. The zero-order valence-corrected chi connectivity index (χ0v) is 9.71. The second kappa shape index (κ2) is 4.33. The Morgan fingerprint density at radius 2 is 2.17 bits per heavy atom. The van der Waals surface area contributed by atoms with Crippen molar-refractivity contribution in [2.24, 2.45) is 0 Å². The Balaban J connectivity index is 2.06. The lowest BCUT2D eigenvalue weighted by atomic mass is 10.2. The highest BCUT2D eigenvalue weighted by molar-refractivity contribution is 5.91. The standard InChI is InChI=1S/C12H11N5O/c1-18-8-2-3-9-10(6-8)13-7-14-12(9)16-11-4-5-15-17-11/h2-7H,1H3,(H2,13,14,15,16,17). The summed E-state index contributed by atoms with van der Waals surface area (Å²) < 4.78 is 5.17. The maximum atomic E-state index is 5.17. The number of hydrogen-bond acceptors (Lipinski definition) is 5. The molecule has 0 atom stereocenters. The predicted molar refractivity (Wildman–Crippen MR) is 68.0 cm³/mol. The number of hydrogen-bond donors (Lipinski definition) is 2. The quantitative estimate of drug-likeness (QED) is 0.734. The summed E-state index contributed by atoms with van der Waals surface area (Å²) in [6.45, 7) is 0. The van der Waals surface area contributed by atoms with Gasteiger partial charge in [-0.05, 0) is 12.1 Å². The molecule has 0 unspecified atom stereocenters. The average Bonchev–Trinajstić information content (AvgIpc) is 2.91. The minimum absolute atomic E-state index is 0.729. The van der Waals surface area contributed by atoms with E-state index in [1.807, 2.05) is 24.3 Å². The van der Waals surface area contributed by atoms with E-state index in [9.17, 15) is 0 Å². The second-order valence-electron chi connectivity index (χ2n) is 3.70. The molecule has 0 aliphatic carbocycles. The van der Waals surface area contributed by atoms with Crippen LogP contribution in [0.1, 0.15) is 0 Å². The van der Waals surface area contributed by atoms with Crippen LogP contribution >= 0.6 is 0 Å². The zero-order chi connectivity index (χ0) is 12.4. The van der Waals surface area contributed by atoms with Crippen LogP contribution in [0.15, 0.2) is 36.8 Å². The average molecular weight is 241 g/mol. The number of aromatic nitrogens is 4. The topological polar surface area (TPSA) is 75.7 Å². The monoisotopic (exact) mass is 241 g/mol. The molecule has 6 heteroatoms. The molecule has 0 aliphatic heterocycles. The Labute approximate surface area is 103 Å². The van der Waals surface area contributed by atoms with Gasteiger partial charge in [0, 0.05) is 17.5 Å². The number of ether oxygens (including phenoxy) is 1. The summed E-state index contributed by atoms with van der Waals surface area (Å²) in [4.78, 5) is 8.45. The molecule has 1 aromatic carbocycles.